The van der Waals surface area contributed by atoms with E-state index in [1.165, 1.54) is 18.3 Å². The third-order valence-corrected chi connectivity index (χ3v) is 6.62. The topological polar surface area (TPSA) is 50.1 Å². The van der Waals surface area contributed by atoms with Gasteiger partial charge in [0.1, 0.15) is 17.5 Å². The van der Waals surface area contributed by atoms with E-state index in [2.05, 4.69) is 4.98 Å². The number of hydrogen-bond acceptors (Lipinski definition) is 5. The molecule has 1 aliphatic heterocycles. The van der Waals surface area contributed by atoms with Crippen molar-refractivity contribution in [3.05, 3.63) is 83.1 Å². The molecule has 1 fully saturated rings. The maximum absolute atomic E-state index is 13.9. The first-order valence-corrected chi connectivity index (χ1v) is 11.9. The van der Waals surface area contributed by atoms with E-state index in [0.29, 0.717) is 49.2 Å². The molecule has 0 atom stereocenters. The average molecular weight is 511 g/mol. The Balaban J connectivity index is 1.49. The summed E-state index contributed by atoms with van der Waals surface area (Å²) in [5, 5.41) is 0. The van der Waals surface area contributed by atoms with Gasteiger partial charge in [-0.05, 0) is 68.8 Å². The Morgan fingerprint density at radius 2 is 1.49 bits per heavy atom. The standard InChI is InChI=1S/C27H26F4N6/c1-17-15-20(8-9-22(17)28)23-16-24(34-26(33-23)37-18(2)6-7-19(37)3)35-11-13-36(14-12-35)25-21(27(29,30)31)5-4-10-32-25/h4-10,15-16H,11-14H2,1-3H3. The molecule has 4 aromatic rings. The van der Waals surface area contributed by atoms with Gasteiger partial charge in [-0.15, -0.1) is 0 Å². The SMILES string of the molecule is Cc1cc(-c2cc(N3CCN(c4ncccc4C(F)(F)F)CC3)nc(-n3c(C)ccc3C)n2)ccc1F. The van der Waals surface area contributed by atoms with Gasteiger partial charge in [0.15, 0.2) is 0 Å². The van der Waals surface area contributed by atoms with Gasteiger partial charge < -0.3 is 9.80 Å². The zero-order chi connectivity index (χ0) is 26.3. The fraction of sp³-hybridized carbons (Fsp3) is 0.296. The van der Waals surface area contributed by atoms with E-state index in [-0.39, 0.29) is 11.6 Å². The minimum atomic E-state index is -4.48. The summed E-state index contributed by atoms with van der Waals surface area (Å²) in [4.78, 5) is 17.3. The van der Waals surface area contributed by atoms with Crippen LogP contribution in [0.3, 0.4) is 0 Å². The van der Waals surface area contributed by atoms with Gasteiger partial charge in [0, 0.05) is 55.4 Å². The van der Waals surface area contributed by atoms with E-state index in [1.54, 1.807) is 24.0 Å². The normalized spacial score (nSPS) is 14.4. The molecule has 0 unspecified atom stereocenters. The molecular weight excluding hydrogens is 484 g/mol. The molecule has 0 bridgehead atoms. The Hall–Kier alpha value is -3.95. The van der Waals surface area contributed by atoms with E-state index < -0.39 is 11.7 Å². The van der Waals surface area contributed by atoms with Crippen molar-refractivity contribution in [1.29, 1.82) is 0 Å². The van der Waals surface area contributed by atoms with Crippen LogP contribution in [0.15, 0.2) is 54.7 Å². The van der Waals surface area contributed by atoms with Crippen LogP contribution in [0.1, 0.15) is 22.5 Å². The molecule has 37 heavy (non-hydrogen) atoms. The third kappa shape index (κ3) is 4.87. The van der Waals surface area contributed by atoms with Crippen molar-refractivity contribution in [3.63, 3.8) is 0 Å². The predicted octanol–water partition coefficient (Wildman–Crippen LogP) is 5.74. The third-order valence-electron chi connectivity index (χ3n) is 6.62. The van der Waals surface area contributed by atoms with Crippen molar-refractivity contribution in [1.82, 2.24) is 19.5 Å². The van der Waals surface area contributed by atoms with Crippen LogP contribution < -0.4 is 9.80 Å². The first kappa shape index (κ1) is 24.7. The molecule has 0 aliphatic carbocycles. The summed E-state index contributed by atoms with van der Waals surface area (Å²) in [5.74, 6) is 0.797. The Kier molecular flexibility index (Phi) is 6.35. The number of nitrogens with zero attached hydrogens (tertiary/aromatic N) is 6. The summed E-state index contributed by atoms with van der Waals surface area (Å²) < 4.78 is 56.5. The molecule has 1 saturated heterocycles. The van der Waals surface area contributed by atoms with Crippen molar-refractivity contribution in [2.75, 3.05) is 36.0 Å². The Morgan fingerprint density at radius 3 is 2.14 bits per heavy atom. The molecule has 0 saturated carbocycles. The monoisotopic (exact) mass is 510 g/mol. The summed E-state index contributed by atoms with van der Waals surface area (Å²) in [6.45, 7) is 7.25. The fourth-order valence-corrected chi connectivity index (χ4v) is 4.64. The molecule has 4 heterocycles. The molecule has 6 nitrogen and oxygen atoms in total. The van der Waals surface area contributed by atoms with Crippen molar-refractivity contribution < 1.29 is 17.6 Å². The second kappa shape index (κ2) is 9.49. The maximum Gasteiger partial charge on any atom is 0.419 e. The molecule has 10 heteroatoms. The van der Waals surface area contributed by atoms with Crippen LogP contribution in [0.5, 0.6) is 0 Å². The predicted molar refractivity (Wildman–Crippen MR) is 135 cm³/mol. The lowest BCUT2D eigenvalue weighted by molar-refractivity contribution is -0.137. The number of halogens is 4. The molecule has 1 aliphatic rings. The largest absolute Gasteiger partial charge is 0.419 e. The van der Waals surface area contributed by atoms with Crippen molar-refractivity contribution >= 4 is 11.6 Å². The summed E-state index contributed by atoms with van der Waals surface area (Å²) in [6, 6.07) is 13.0. The molecule has 1 aromatic carbocycles. The minimum absolute atomic E-state index is 0.0564. The second-order valence-electron chi connectivity index (χ2n) is 9.17. The van der Waals surface area contributed by atoms with Crippen LogP contribution in [0.4, 0.5) is 29.2 Å². The molecule has 3 aromatic heterocycles. The number of alkyl halides is 3. The number of hydrogen-bond donors (Lipinski definition) is 0. The number of aryl methyl sites for hydroxylation is 3. The molecule has 0 spiro atoms. The van der Waals surface area contributed by atoms with Gasteiger partial charge in [0.25, 0.3) is 0 Å². The van der Waals surface area contributed by atoms with E-state index >= 15 is 0 Å². The first-order valence-electron chi connectivity index (χ1n) is 11.9. The highest BCUT2D eigenvalue weighted by Gasteiger charge is 2.36. The highest BCUT2D eigenvalue weighted by molar-refractivity contribution is 5.65. The van der Waals surface area contributed by atoms with Gasteiger partial charge in [0.05, 0.1) is 11.3 Å². The van der Waals surface area contributed by atoms with Crippen LogP contribution in [0, 0.1) is 26.6 Å². The van der Waals surface area contributed by atoms with Gasteiger partial charge in [-0.3, -0.25) is 4.57 Å². The highest BCUT2D eigenvalue weighted by Crippen LogP contribution is 2.36. The number of benzene rings is 1. The summed E-state index contributed by atoms with van der Waals surface area (Å²) in [7, 11) is 0. The van der Waals surface area contributed by atoms with E-state index in [0.717, 1.165) is 23.0 Å². The summed E-state index contributed by atoms with van der Waals surface area (Å²) >= 11 is 0. The van der Waals surface area contributed by atoms with E-state index in [9.17, 15) is 17.6 Å². The van der Waals surface area contributed by atoms with Gasteiger partial charge in [0.2, 0.25) is 5.95 Å². The number of aromatic nitrogens is 4. The highest BCUT2D eigenvalue weighted by atomic mass is 19.4. The van der Waals surface area contributed by atoms with E-state index in [4.69, 9.17) is 9.97 Å². The molecule has 0 amide bonds. The lowest BCUT2D eigenvalue weighted by atomic mass is 10.1. The van der Waals surface area contributed by atoms with Crippen LogP contribution >= 0.6 is 0 Å². The maximum atomic E-state index is 13.9. The minimum Gasteiger partial charge on any atom is -0.353 e. The van der Waals surface area contributed by atoms with Crippen LogP contribution in [-0.4, -0.2) is 45.7 Å². The summed E-state index contributed by atoms with van der Waals surface area (Å²) in [6.07, 6.45) is -3.09. The van der Waals surface area contributed by atoms with Crippen molar-refractivity contribution in [2.45, 2.75) is 26.9 Å². The lowest BCUT2D eigenvalue weighted by Gasteiger charge is -2.37. The fourth-order valence-electron chi connectivity index (χ4n) is 4.64. The Labute approximate surface area is 212 Å². The van der Waals surface area contributed by atoms with Gasteiger partial charge in [-0.1, -0.05) is 0 Å². The molecule has 0 N–H and O–H groups in total. The Bertz CT molecular complexity index is 1420. The van der Waals surface area contributed by atoms with Gasteiger partial charge in [-0.2, -0.15) is 18.2 Å². The number of anilines is 2. The number of piperazine rings is 1. The van der Waals surface area contributed by atoms with Gasteiger partial charge >= 0.3 is 6.18 Å². The molecule has 0 radical (unpaired) electrons. The van der Waals surface area contributed by atoms with Crippen LogP contribution in [0.25, 0.3) is 17.2 Å². The first-order chi connectivity index (χ1) is 17.6. The molecular formula is C27H26F4N6. The van der Waals surface area contributed by atoms with E-state index in [1.807, 2.05) is 41.5 Å². The molecule has 5 rings (SSSR count). The zero-order valence-electron chi connectivity index (χ0n) is 20.7. The summed E-state index contributed by atoms with van der Waals surface area (Å²) in [5.41, 5.74) is 3.11. The van der Waals surface area contributed by atoms with Crippen molar-refractivity contribution in [2.24, 2.45) is 0 Å². The zero-order valence-corrected chi connectivity index (χ0v) is 20.7. The second-order valence-corrected chi connectivity index (χ2v) is 9.17. The van der Waals surface area contributed by atoms with Gasteiger partial charge in [-0.25, -0.2) is 14.4 Å². The number of pyridine rings is 1. The van der Waals surface area contributed by atoms with Crippen molar-refractivity contribution in [3.8, 4) is 17.2 Å². The van der Waals surface area contributed by atoms with Crippen LogP contribution in [0.2, 0.25) is 0 Å². The number of rotatable bonds is 4. The quantitative estimate of drug-likeness (QED) is 0.328. The average Bonchev–Trinajstić information content (AvgIpc) is 3.22. The Morgan fingerprint density at radius 1 is 0.811 bits per heavy atom. The smallest absolute Gasteiger partial charge is 0.353 e. The lowest BCUT2D eigenvalue weighted by Crippen LogP contribution is -2.47. The van der Waals surface area contributed by atoms with Crippen LogP contribution in [-0.2, 0) is 6.18 Å². The molecule has 192 valence electrons.